The summed E-state index contributed by atoms with van der Waals surface area (Å²) in [6, 6.07) is 17.0. The number of aliphatic imine (C=N–C) groups is 1. The van der Waals surface area contributed by atoms with E-state index in [0.29, 0.717) is 6.54 Å². The van der Waals surface area contributed by atoms with Crippen molar-refractivity contribution in [3.8, 4) is 0 Å². The molecule has 0 atom stereocenters. The first kappa shape index (κ1) is 20.6. The molecule has 2 heterocycles. The summed E-state index contributed by atoms with van der Waals surface area (Å²) in [6.07, 6.45) is 4.54. The number of rotatable bonds is 6. The first-order valence-corrected chi connectivity index (χ1v) is 9.71. The average molecular weight is 489 g/mol. The quantitative estimate of drug-likeness (QED) is 0.312. The van der Waals surface area contributed by atoms with Gasteiger partial charge in [-0.05, 0) is 44.4 Å². The van der Waals surface area contributed by atoms with Crippen molar-refractivity contribution in [3.05, 3.63) is 71.7 Å². The lowest BCUT2D eigenvalue weighted by Gasteiger charge is -2.19. The van der Waals surface area contributed by atoms with Crippen LogP contribution in [0.5, 0.6) is 0 Å². The fourth-order valence-electron chi connectivity index (χ4n) is 3.54. The van der Waals surface area contributed by atoms with Crippen LogP contribution in [0, 0.1) is 6.92 Å². The summed E-state index contributed by atoms with van der Waals surface area (Å²) in [5, 5.41) is 6.90. The van der Waals surface area contributed by atoms with E-state index < -0.39 is 0 Å². The fraction of sp³-hybridized carbons (Fsp3) is 0.364. The third kappa shape index (κ3) is 4.48. The number of aryl methyl sites for hydroxylation is 1. The first-order valence-electron chi connectivity index (χ1n) is 9.71. The van der Waals surface area contributed by atoms with Crippen molar-refractivity contribution in [2.75, 3.05) is 13.1 Å². The van der Waals surface area contributed by atoms with Crippen molar-refractivity contribution >= 4 is 35.6 Å². The topological polar surface area (TPSA) is 53.7 Å². The molecule has 1 saturated carbocycles. The number of fused-ring (bicyclic) bond motifs is 1. The number of nitrogens with one attached hydrogen (secondary N) is 2. The summed E-state index contributed by atoms with van der Waals surface area (Å²) in [5.41, 5.74) is 4.81. The van der Waals surface area contributed by atoms with E-state index in [4.69, 9.17) is 4.99 Å². The molecule has 1 fully saturated rings. The summed E-state index contributed by atoms with van der Waals surface area (Å²) in [4.78, 5) is 9.43. The number of benzene rings is 1. The zero-order valence-electron chi connectivity index (χ0n) is 16.5. The Labute approximate surface area is 183 Å². The number of pyridine rings is 1. The standard InChI is InChI=1S/C22H27N5.HI/c1-3-23-21(25-16-22(12-13-22)18-9-5-4-6-10-18)24-14-19-15-27-17(2)8-7-11-20(27)26-19;/h4-11,15H,3,12-14,16H2,1-2H3,(H2,23,24,25);1H. The Morgan fingerprint density at radius 1 is 1.11 bits per heavy atom. The maximum absolute atomic E-state index is 4.75. The average Bonchev–Trinajstić information content (AvgIpc) is 3.37. The van der Waals surface area contributed by atoms with E-state index in [1.165, 1.54) is 24.1 Å². The SMILES string of the molecule is CCNC(=NCc1cn2c(C)cccc2n1)NCC1(c2ccccc2)CC1.I. The molecule has 0 bridgehead atoms. The number of nitrogens with zero attached hydrogens (tertiary/aromatic N) is 3. The van der Waals surface area contributed by atoms with Gasteiger partial charge in [-0.1, -0.05) is 36.4 Å². The molecule has 0 unspecified atom stereocenters. The van der Waals surface area contributed by atoms with Crippen LogP contribution in [0.15, 0.2) is 59.7 Å². The third-order valence-corrected chi connectivity index (χ3v) is 5.32. The fourth-order valence-corrected chi connectivity index (χ4v) is 3.54. The molecule has 6 heteroatoms. The van der Waals surface area contributed by atoms with Gasteiger partial charge in [-0.15, -0.1) is 24.0 Å². The minimum atomic E-state index is 0. The van der Waals surface area contributed by atoms with Crippen molar-refractivity contribution in [2.24, 2.45) is 4.99 Å². The molecule has 0 spiro atoms. The highest BCUT2D eigenvalue weighted by Gasteiger charge is 2.43. The highest BCUT2D eigenvalue weighted by Crippen LogP contribution is 2.47. The monoisotopic (exact) mass is 489 g/mol. The van der Waals surface area contributed by atoms with E-state index in [9.17, 15) is 0 Å². The number of imidazole rings is 1. The predicted octanol–water partition coefficient (Wildman–Crippen LogP) is 4.05. The Morgan fingerprint density at radius 3 is 2.57 bits per heavy atom. The van der Waals surface area contributed by atoms with Crippen LogP contribution in [0.2, 0.25) is 0 Å². The van der Waals surface area contributed by atoms with Gasteiger partial charge in [0.05, 0.1) is 12.2 Å². The maximum Gasteiger partial charge on any atom is 0.191 e. The van der Waals surface area contributed by atoms with E-state index in [0.717, 1.165) is 30.4 Å². The molecule has 1 aliphatic carbocycles. The van der Waals surface area contributed by atoms with Crippen LogP contribution in [-0.4, -0.2) is 28.4 Å². The van der Waals surface area contributed by atoms with Gasteiger partial charge >= 0.3 is 0 Å². The smallest absolute Gasteiger partial charge is 0.191 e. The van der Waals surface area contributed by atoms with Crippen LogP contribution in [0.4, 0.5) is 0 Å². The van der Waals surface area contributed by atoms with E-state index in [1.54, 1.807) is 0 Å². The number of hydrogen-bond donors (Lipinski definition) is 2. The lowest BCUT2D eigenvalue weighted by molar-refractivity contribution is 0.646. The normalized spacial score (nSPS) is 15.1. The van der Waals surface area contributed by atoms with Gasteiger partial charge < -0.3 is 15.0 Å². The number of halogens is 1. The van der Waals surface area contributed by atoms with Crippen LogP contribution >= 0.6 is 24.0 Å². The van der Waals surface area contributed by atoms with Gasteiger partial charge in [0.25, 0.3) is 0 Å². The second-order valence-electron chi connectivity index (χ2n) is 7.32. The van der Waals surface area contributed by atoms with Crippen LogP contribution in [0.25, 0.3) is 5.65 Å². The van der Waals surface area contributed by atoms with Gasteiger partial charge in [0.2, 0.25) is 0 Å². The van der Waals surface area contributed by atoms with E-state index >= 15 is 0 Å². The van der Waals surface area contributed by atoms with Crippen LogP contribution in [0.3, 0.4) is 0 Å². The van der Waals surface area contributed by atoms with E-state index in [2.05, 4.69) is 76.5 Å². The van der Waals surface area contributed by atoms with Gasteiger partial charge in [-0.2, -0.15) is 0 Å². The molecule has 1 aliphatic rings. The lowest BCUT2D eigenvalue weighted by Crippen LogP contribution is -2.41. The minimum Gasteiger partial charge on any atom is -0.357 e. The highest BCUT2D eigenvalue weighted by atomic mass is 127. The molecular weight excluding hydrogens is 461 g/mol. The van der Waals surface area contributed by atoms with Crippen molar-refractivity contribution < 1.29 is 0 Å². The number of guanidine groups is 1. The van der Waals surface area contributed by atoms with Crippen LogP contribution in [0.1, 0.15) is 36.7 Å². The molecule has 148 valence electrons. The van der Waals surface area contributed by atoms with Crippen molar-refractivity contribution in [3.63, 3.8) is 0 Å². The van der Waals surface area contributed by atoms with Gasteiger partial charge in [0.1, 0.15) is 5.65 Å². The summed E-state index contributed by atoms with van der Waals surface area (Å²) >= 11 is 0. The second kappa shape index (κ2) is 8.94. The molecule has 2 aromatic heterocycles. The zero-order valence-corrected chi connectivity index (χ0v) is 18.8. The van der Waals surface area contributed by atoms with Gasteiger partial charge in [0, 0.05) is 30.4 Å². The first-order chi connectivity index (χ1) is 13.2. The molecule has 4 rings (SSSR count). The van der Waals surface area contributed by atoms with Gasteiger partial charge in [-0.3, -0.25) is 0 Å². The van der Waals surface area contributed by atoms with E-state index in [-0.39, 0.29) is 29.4 Å². The molecule has 1 aromatic carbocycles. The summed E-state index contributed by atoms with van der Waals surface area (Å²) in [5.74, 6) is 0.855. The van der Waals surface area contributed by atoms with Crippen molar-refractivity contribution in [1.82, 2.24) is 20.0 Å². The Hall–Kier alpha value is -2.09. The Balaban J connectivity index is 0.00000225. The maximum atomic E-state index is 4.75. The molecule has 0 aliphatic heterocycles. The van der Waals surface area contributed by atoms with Crippen molar-refractivity contribution in [2.45, 2.75) is 38.6 Å². The molecule has 0 radical (unpaired) electrons. The molecule has 28 heavy (non-hydrogen) atoms. The Morgan fingerprint density at radius 2 is 1.89 bits per heavy atom. The minimum absolute atomic E-state index is 0. The molecule has 0 amide bonds. The van der Waals surface area contributed by atoms with Gasteiger partial charge in [-0.25, -0.2) is 9.98 Å². The summed E-state index contributed by atoms with van der Waals surface area (Å²) in [7, 11) is 0. The largest absolute Gasteiger partial charge is 0.357 e. The van der Waals surface area contributed by atoms with E-state index in [1.807, 2.05) is 12.1 Å². The second-order valence-corrected chi connectivity index (χ2v) is 7.32. The summed E-state index contributed by atoms with van der Waals surface area (Å²) in [6.45, 7) is 6.50. The van der Waals surface area contributed by atoms with Crippen LogP contribution in [-0.2, 0) is 12.0 Å². The predicted molar refractivity (Wildman–Crippen MR) is 126 cm³/mol. The molecule has 5 nitrogen and oxygen atoms in total. The van der Waals surface area contributed by atoms with Crippen LogP contribution < -0.4 is 10.6 Å². The third-order valence-electron chi connectivity index (χ3n) is 5.32. The molecule has 3 aromatic rings. The Bertz CT molecular complexity index is 944. The number of aromatic nitrogens is 2. The van der Waals surface area contributed by atoms with Gasteiger partial charge in [0.15, 0.2) is 5.96 Å². The molecule has 2 N–H and O–H groups in total. The molecular formula is C22H28IN5. The number of hydrogen-bond acceptors (Lipinski definition) is 2. The van der Waals surface area contributed by atoms with Crippen molar-refractivity contribution in [1.29, 1.82) is 0 Å². The zero-order chi connectivity index (χ0) is 18.7. The lowest BCUT2D eigenvalue weighted by atomic mass is 9.96. The highest BCUT2D eigenvalue weighted by molar-refractivity contribution is 14.0. The molecule has 0 saturated heterocycles. The Kier molecular flexibility index (Phi) is 6.59. The summed E-state index contributed by atoms with van der Waals surface area (Å²) < 4.78 is 2.11.